The Labute approximate surface area is 212 Å². The summed E-state index contributed by atoms with van der Waals surface area (Å²) in [5.41, 5.74) is 4.29. The lowest BCUT2D eigenvalue weighted by atomic mass is 10.0. The molecule has 0 atom stereocenters. The number of carbonyl (C=O) groups is 2. The van der Waals surface area contributed by atoms with Crippen molar-refractivity contribution in [1.29, 1.82) is 5.26 Å². The first-order valence-electron chi connectivity index (χ1n) is 11.9. The van der Waals surface area contributed by atoms with Crippen molar-refractivity contribution < 1.29 is 19.1 Å². The summed E-state index contributed by atoms with van der Waals surface area (Å²) in [5.74, 6) is 0.182. The van der Waals surface area contributed by atoms with Gasteiger partial charge in [-0.3, -0.25) is 4.79 Å². The second kappa shape index (κ2) is 13.5. The van der Waals surface area contributed by atoms with Gasteiger partial charge >= 0.3 is 5.97 Å². The molecule has 3 rings (SSSR count). The zero-order valence-corrected chi connectivity index (χ0v) is 20.5. The summed E-state index contributed by atoms with van der Waals surface area (Å²) in [6.45, 7) is 6.19. The minimum absolute atomic E-state index is 0.194. The first-order chi connectivity index (χ1) is 17.5. The van der Waals surface area contributed by atoms with Crippen molar-refractivity contribution in [2.45, 2.75) is 32.6 Å². The highest BCUT2D eigenvalue weighted by Crippen LogP contribution is 2.22. The lowest BCUT2D eigenvalue weighted by Crippen LogP contribution is -2.11. The van der Waals surface area contributed by atoms with E-state index in [4.69, 9.17) is 14.7 Å². The Kier molecular flexibility index (Phi) is 9.84. The van der Waals surface area contributed by atoms with Gasteiger partial charge in [0.1, 0.15) is 5.75 Å². The lowest BCUT2D eigenvalue weighted by molar-refractivity contribution is -0.139. The number of esters is 1. The average molecular weight is 483 g/mol. The molecule has 1 N–H and O–H groups in total. The van der Waals surface area contributed by atoms with Crippen LogP contribution in [0.15, 0.2) is 84.9 Å². The third-order valence-electron chi connectivity index (χ3n) is 5.50. The fourth-order valence-electron chi connectivity index (χ4n) is 3.42. The number of nitrogens with zero attached hydrogens (tertiary/aromatic N) is 1. The van der Waals surface area contributed by atoms with Crippen LogP contribution in [0, 0.1) is 11.3 Å². The first-order valence-corrected chi connectivity index (χ1v) is 11.9. The van der Waals surface area contributed by atoms with Crippen LogP contribution < -0.4 is 10.1 Å². The number of ether oxygens (including phenoxy) is 2. The summed E-state index contributed by atoms with van der Waals surface area (Å²) in [6.07, 6.45) is 3.66. The van der Waals surface area contributed by atoms with E-state index >= 15 is 0 Å². The number of benzene rings is 3. The van der Waals surface area contributed by atoms with Gasteiger partial charge in [0.2, 0.25) is 0 Å². The van der Waals surface area contributed by atoms with Crippen molar-refractivity contribution >= 4 is 17.6 Å². The predicted molar refractivity (Wildman–Crippen MR) is 141 cm³/mol. The first kappa shape index (κ1) is 26.2. The van der Waals surface area contributed by atoms with Gasteiger partial charge in [0.25, 0.3) is 5.91 Å². The summed E-state index contributed by atoms with van der Waals surface area (Å²) in [6, 6.07) is 24.1. The molecule has 1 amide bonds. The number of rotatable bonds is 12. The van der Waals surface area contributed by atoms with E-state index in [0.29, 0.717) is 41.4 Å². The second-order valence-electron chi connectivity index (χ2n) is 8.42. The van der Waals surface area contributed by atoms with Gasteiger partial charge in [0, 0.05) is 16.8 Å². The predicted octanol–water partition coefficient (Wildman–Crippen LogP) is 6.54. The van der Waals surface area contributed by atoms with Gasteiger partial charge in [-0.2, -0.15) is 5.26 Å². The monoisotopic (exact) mass is 482 g/mol. The van der Waals surface area contributed by atoms with E-state index < -0.39 is 0 Å². The van der Waals surface area contributed by atoms with Gasteiger partial charge in [-0.1, -0.05) is 30.8 Å². The zero-order valence-electron chi connectivity index (χ0n) is 20.5. The minimum Gasteiger partial charge on any atom is -0.494 e. The Morgan fingerprint density at radius 1 is 0.833 bits per heavy atom. The van der Waals surface area contributed by atoms with Crippen molar-refractivity contribution in [1.82, 2.24) is 0 Å². The molecular weight excluding hydrogens is 452 g/mol. The van der Waals surface area contributed by atoms with E-state index in [-0.39, 0.29) is 11.9 Å². The van der Waals surface area contributed by atoms with Crippen molar-refractivity contribution in [3.05, 3.63) is 96.1 Å². The van der Waals surface area contributed by atoms with Crippen LogP contribution in [0.3, 0.4) is 0 Å². The quantitative estimate of drug-likeness (QED) is 0.180. The summed E-state index contributed by atoms with van der Waals surface area (Å²) in [4.78, 5) is 23.9. The molecule has 0 aliphatic rings. The third-order valence-corrected chi connectivity index (χ3v) is 5.50. The number of hydrogen-bond donors (Lipinski definition) is 1. The van der Waals surface area contributed by atoms with Crippen LogP contribution in [0.2, 0.25) is 0 Å². The maximum atomic E-state index is 12.6. The molecule has 0 spiro atoms. The second-order valence-corrected chi connectivity index (χ2v) is 8.42. The molecular formula is C30H30N2O4. The van der Waals surface area contributed by atoms with Crippen molar-refractivity contribution in [2.24, 2.45) is 0 Å². The molecule has 0 heterocycles. The van der Waals surface area contributed by atoms with E-state index in [2.05, 4.69) is 18.0 Å². The largest absolute Gasteiger partial charge is 0.494 e. The molecule has 36 heavy (non-hydrogen) atoms. The molecule has 0 bridgehead atoms. The molecule has 0 saturated heterocycles. The molecule has 3 aromatic rings. The Balaban J connectivity index is 1.38. The van der Waals surface area contributed by atoms with Gasteiger partial charge in [-0.15, -0.1) is 0 Å². The number of carbonyl (C=O) groups excluding carboxylic acids is 2. The van der Waals surface area contributed by atoms with E-state index in [0.717, 1.165) is 36.8 Å². The van der Waals surface area contributed by atoms with Crippen LogP contribution in [0.1, 0.15) is 48.5 Å². The van der Waals surface area contributed by atoms with E-state index in [1.54, 1.807) is 43.3 Å². The summed E-state index contributed by atoms with van der Waals surface area (Å²) >= 11 is 0. The van der Waals surface area contributed by atoms with E-state index in [1.807, 2.05) is 36.4 Å². The van der Waals surface area contributed by atoms with Gasteiger partial charge < -0.3 is 14.8 Å². The topological polar surface area (TPSA) is 88.4 Å². The molecule has 3 aromatic carbocycles. The third kappa shape index (κ3) is 8.14. The van der Waals surface area contributed by atoms with Gasteiger partial charge in [-0.25, -0.2) is 4.79 Å². The zero-order chi connectivity index (χ0) is 25.8. The number of amides is 1. The van der Waals surface area contributed by atoms with Crippen LogP contribution in [-0.4, -0.2) is 25.1 Å². The van der Waals surface area contributed by atoms with Crippen molar-refractivity contribution in [3.8, 4) is 22.9 Å². The molecule has 6 heteroatoms. The standard InChI is InChI=1S/C30H30N2O4/c1-22(2)30(34)36-20-6-4-3-5-19-35-28-17-13-26(14-18-28)29(33)32-27-15-11-25(12-16-27)24-9-7-23(21-31)8-10-24/h7-18H,1,3-6,19-20H2,2H3,(H,32,33). The highest BCUT2D eigenvalue weighted by Gasteiger charge is 2.07. The van der Waals surface area contributed by atoms with E-state index in [1.165, 1.54) is 0 Å². The number of unbranched alkanes of at least 4 members (excludes halogenated alkanes) is 3. The Hall–Kier alpha value is -4.37. The van der Waals surface area contributed by atoms with Crippen LogP contribution in [0.5, 0.6) is 5.75 Å². The minimum atomic E-state index is -0.340. The molecule has 0 saturated carbocycles. The molecule has 0 aliphatic carbocycles. The highest BCUT2D eigenvalue weighted by atomic mass is 16.5. The maximum Gasteiger partial charge on any atom is 0.333 e. The summed E-state index contributed by atoms with van der Waals surface area (Å²) in [5, 5.41) is 11.8. The normalized spacial score (nSPS) is 10.2. The number of nitriles is 1. The molecule has 0 aliphatic heterocycles. The fraction of sp³-hybridized carbons (Fsp3) is 0.233. The van der Waals surface area contributed by atoms with Gasteiger partial charge in [-0.05, 0) is 92.3 Å². The molecule has 0 radical (unpaired) electrons. The molecule has 0 unspecified atom stereocenters. The lowest BCUT2D eigenvalue weighted by Gasteiger charge is -2.09. The highest BCUT2D eigenvalue weighted by molar-refractivity contribution is 6.04. The number of anilines is 1. The van der Waals surface area contributed by atoms with Crippen LogP contribution in [0.25, 0.3) is 11.1 Å². The van der Waals surface area contributed by atoms with Crippen LogP contribution >= 0.6 is 0 Å². The summed E-state index contributed by atoms with van der Waals surface area (Å²) in [7, 11) is 0. The Morgan fingerprint density at radius 2 is 1.42 bits per heavy atom. The Bertz CT molecular complexity index is 1210. The van der Waals surface area contributed by atoms with Crippen LogP contribution in [0.4, 0.5) is 5.69 Å². The van der Waals surface area contributed by atoms with E-state index in [9.17, 15) is 9.59 Å². The van der Waals surface area contributed by atoms with Gasteiger partial charge in [0.15, 0.2) is 0 Å². The summed E-state index contributed by atoms with van der Waals surface area (Å²) < 4.78 is 10.8. The Morgan fingerprint density at radius 3 is 2.00 bits per heavy atom. The number of nitrogens with one attached hydrogen (secondary N) is 1. The molecule has 184 valence electrons. The molecule has 0 aromatic heterocycles. The van der Waals surface area contributed by atoms with Crippen molar-refractivity contribution in [3.63, 3.8) is 0 Å². The fourth-order valence-corrected chi connectivity index (χ4v) is 3.42. The maximum absolute atomic E-state index is 12.6. The molecule has 0 fully saturated rings. The smallest absolute Gasteiger partial charge is 0.333 e. The van der Waals surface area contributed by atoms with Gasteiger partial charge in [0.05, 0.1) is 24.8 Å². The average Bonchev–Trinajstić information content (AvgIpc) is 2.90. The number of hydrogen-bond acceptors (Lipinski definition) is 5. The van der Waals surface area contributed by atoms with Crippen LogP contribution in [-0.2, 0) is 9.53 Å². The SMILES string of the molecule is C=C(C)C(=O)OCCCCCCOc1ccc(C(=O)Nc2ccc(-c3ccc(C#N)cc3)cc2)cc1. The molecule has 6 nitrogen and oxygen atoms in total. The van der Waals surface area contributed by atoms with Crippen molar-refractivity contribution in [2.75, 3.05) is 18.5 Å².